The summed E-state index contributed by atoms with van der Waals surface area (Å²) < 4.78 is 53.4. The van der Waals surface area contributed by atoms with Gasteiger partial charge in [-0.05, 0) is 40.5 Å². The van der Waals surface area contributed by atoms with Crippen LogP contribution in [0.5, 0.6) is 0 Å². The fourth-order valence-electron chi connectivity index (χ4n) is 2.06. The van der Waals surface area contributed by atoms with Gasteiger partial charge in [-0.3, -0.25) is 0 Å². The minimum Gasteiger partial charge on any atom is -0.313 e. The Kier molecular flexibility index (Phi) is 5.06. The molecule has 21 heavy (non-hydrogen) atoms. The zero-order valence-electron chi connectivity index (χ0n) is 11.0. The summed E-state index contributed by atoms with van der Waals surface area (Å²) in [5.41, 5.74) is -1.21. The highest BCUT2D eigenvalue weighted by atomic mass is 79.9. The minimum absolute atomic E-state index is 0.0209. The standard InChI is InChI=1S/C14H12BrF4NS/c1-20-11(7-12-10(15)5-6-21-12)8-3-2-4-9(13(8)16)14(17,18)19/h2-6,11,20H,7H2,1H3. The lowest BCUT2D eigenvalue weighted by Crippen LogP contribution is -2.21. The molecule has 0 fully saturated rings. The van der Waals surface area contributed by atoms with E-state index in [1.54, 1.807) is 7.05 Å². The summed E-state index contributed by atoms with van der Waals surface area (Å²) in [4.78, 5) is 0.950. The number of benzene rings is 1. The van der Waals surface area contributed by atoms with E-state index in [-0.39, 0.29) is 5.56 Å². The molecule has 7 heteroatoms. The Balaban J connectivity index is 2.37. The highest BCUT2D eigenvalue weighted by Gasteiger charge is 2.35. The number of halogens is 5. The normalized spacial score (nSPS) is 13.4. The third-order valence-electron chi connectivity index (χ3n) is 3.14. The van der Waals surface area contributed by atoms with Crippen molar-refractivity contribution < 1.29 is 17.6 Å². The molecule has 114 valence electrons. The van der Waals surface area contributed by atoms with Crippen molar-refractivity contribution in [1.82, 2.24) is 5.32 Å². The van der Waals surface area contributed by atoms with Gasteiger partial charge in [-0.2, -0.15) is 13.2 Å². The quantitative estimate of drug-likeness (QED) is 0.720. The zero-order chi connectivity index (χ0) is 15.6. The molecule has 2 rings (SSSR count). The lowest BCUT2D eigenvalue weighted by atomic mass is 9.99. The number of hydrogen-bond acceptors (Lipinski definition) is 2. The predicted molar refractivity (Wildman–Crippen MR) is 78.9 cm³/mol. The molecule has 1 aromatic carbocycles. The molecule has 1 aromatic heterocycles. The van der Waals surface area contributed by atoms with Crippen LogP contribution in [0.1, 0.15) is 22.0 Å². The molecule has 1 heterocycles. The van der Waals surface area contributed by atoms with Gasteiger partial charge in [0.1, 0.15) is 5.82 Å². The Bertz CT molecular complexity index is 624. The second-order valence-corrected chi connectivity index (χ2v) is 6.30. The first-order chi connectivity index (χ1) is 9.84. The van der Waals surface area contributed by atoms with E-state index in [0.717, 1.165) is 15.4 Å². The molecule has 0 bridgehead atoms. The van der Waals surface area contributed by atoms with Crippen molar-refractivity contribution in [2.75, 3.05) is 7.05 Å². The van der Waals surface area contributed by atoms with Gasteiger partial charge >= 0.3 is 6.18 Å². The zero-order valence-corrected chi connectivity index (χ0v) is 13.4. The molecule has 0 amide bonds. The predicted octanol–water partition coefficient (Wildman–Crippen LogP) is 5.17. The number of thiophene rings is 1. The van der Waals surface area contributed by atoms with Gasteiger partial charge in [0.15, 0.2) is 0 Å². The van der Waals surface area contributed by atoms with Gasteiger partial charge in [-0.1, -0.05) is 12.1 Å². The van der Waals surface area contributed by atoms with E-state index < -0.39 is 23.6 Å². The smallest absolute Gasteiger partial charge is 0.313 e. The maximum atomic E-state index is 14.2. The van der Waals surface area contributed by atoms with Crippen LogP contribution in [0.15, 0.2) is 34.1 Å². The number of likely N-dealkylation sites (N-methyl/N-ethyl adjacent to an activating group) is 1. The first kappa shape index (κ1) is 16.5. The fourth-order valence-corrected chi connectivity index (χ4v) is 3.62. The molecule has 0 spiro atoms. The first-order valence-electron chi connectivity index (χ1n) is 6.09. The van der Waals surface area contributed by atoms with Gasteiger partial charge in [0.05, 0.1) is 5.56 Å². The van der Waals surface area contributed by atoms with E-state index in [0.29, 0.717) is 6.42 Å². The molecule has 0 aliphatic heterocycles. The van der Waals surface area contributed by atoms with Crippen molar-refractivity contribution in [3.63, 3.8) is 0 Å². The third-order valence-corrected chi connectivity index (χ3v) is 5.09. The molecule has 1 nitrogen and oxygen atoms in total. The van der Waals surface area contributed by atoms with Crippen LogP contribution in [0.4, 0.5) is 17.6 Å². The van der Waals surface area contributed by atoms with Crippen LogP contribution in [-0.2, 0) is 12.6 Å². The van der Waals surface area contributed by atoms with E-state index in [4.69, 9.17) is 0 Å². The largest absolute Gasteiger partial charge is 0.419 e. The SMILES string of the molecule is CNC(Cc1sccc1Br)c1cccc(C(F)(F)F)c1F. The number of nitrogens with one attached hydrogen (secondary N) is 1. The Morgan fingerprint density at radius 2 is 2.00 bits per heavy atom. The summed E-state index contributed by atoms with van der Waals surface area (Å²) in [6, 6.07) is 4.70. The lowest BCUT2D eigenvalue weighted by Gasteiger charge is -2.19. The monoisotopic (exact) mass is 381 g/mol. The highest BCUT2D eigenvalue weighted by molar-refractivity contribution is 9.10. The molecule has 0 saturated heterocycles. The van der Waals surface area contributed by atoms with Crippen LogP contribution in [0.3, 0.4) is 0 Å². The van der Waals surface area contributed by atoms with Gasteiger partial charge in [0.2, 0.25) is 0 Å². The van der Waals surface area contributed by atoms with E-state index in [9.17, 15) is 17.6 Å². The molecule has 2 aromatic rings. The second kappa shape index (κ2) is 6.46. The molecule has 0 saturated carbocycles. The van der Waals surface area contributed by atoms with E-state index in [2.05, 4.69) is 21.2 Å². The maximum absolute atomic E-state index is 14.2. The topological polar surface area (TPSA) is 12.0 Å². The van der Waals surface area contributed by atoms with Crippen molar-refractivity contribution in [3.05, 3.63) is 55.9 Å². The average molecular weight is 382 g/mol. The summed E-state index contributed by atoms with van der Waals surface area (Å²) in [7, 11) is 1.60. The fraction of sp³-hybridized carbons (Fsp3) is 0.286. The van der Waals surface area contributed by atoms with Crippen LogP contribution in [-0.4, -0.2) is 7.05 Å². The molecule has 0 aliphatic rings. The van der Waals surface area contributed by atoms with Crippen LogP contribution >= 0.6 is 27.3 Å². The van der Waals surface area contributed by atoms with Crippen molar-refractivity contribution in [1.29, 1.82) is 0 Å². The van der Waals surface area contributed by atoms with Crippen LogP contribution in [0.25, 0.3) is 0 Å². The maximum Gasteiger partial charge on any atom is 0.419 e. The van der Waals surface area contributed by atoms with Crippen molar-refractivity contribution >= 4 is 27.3 Å². The van der Waals surface area contributed by atoms with Gasteiger partial charge < -0.3 is 5.32 Å². The van der Waals surface area contributed by atoms with Crippen LogP contribution in [0, 0.1) is 5.82 Å². The van der Waals surface area contributed by atoms with Gasteiger partial charge in [0.25, 0.3) is 0 Å². The summed E-state index contributed by atoms with van der Waals surface area (Å²) in [6.45, 7) is 0. The Morgan fingerprint density at radius 1 is 1.29 bits per heavy atom. The van der Waals surface area contributed by atoms with Gasteiger partial charge in [-0.25, -0.2) is 4.39 Å². The second-order valence-electron chi connectivity index (χ2n) is 4.44. The Labute approximate surface area is 132 Å². The van der Waals surface area contributed by atoms with Crippen molar-refractivity contribution in [2.45, 2.75) is 18.6 Å². The molecule has 0 radical (unpaired) electrons. The number of rotatable bonds is 4. The third kappa shape index (κ3) is 3.64. The number of hydrogen-bond donors (Lipinski definition) is 1. The molecule has 1 unspecified atom stereocenters. The van der Waals surface area contributed by atoms with E-state index >= 15 is 0 Å². The van der Waals surface area contributed by atoms with Gasteiger partial charge in [-0.15, -0.1) is 11.3 Å². The highest BCUT2D eigenvalue weighted by Crippen LogP contribution is 2.35. The molecule has 1 N–H and O–H groups in total. The average Bonchev–Trinajstić information content (AvgIpc) is 2.81. The minimum atomic E-state index is -4.69. The van der Waals surface area contributed by atoms with Crippen LogP contribution in [0.2, 0.25) is 0 Å². The summed E-state index contributed by atoms with van der Waals surface area (Å²) >= 11 is 4.84. The first-order valence-corrected chi connectivity index (χ1v) is 7.76. The lowest BCUT2D eigenvalue weighted by molar-refractivity contribution is -0.140. The van der Waals surface area contributed by atoms with Crippen molar-refractivity contribution in [2.24, 2.45) is 0 Å². The summed E-state index contributed by atoms with van der Waals surface area (Å²) in [5, 5.41) is 4.75. The Morgan fingerprint density at radius 3 is 2.52 bits per heavy atom. The van der Waals surface area contributed by atoms with Crippen molar-refractivity contribution in [3.8, 4) is 0 Å². The molecular weight excluding hydrogens is 370 g/mol. The summed E-state index contributed by atoms with van der Waals surface area (Å²) in [6.07, 6.45) is -4.28. The Hall–Kier alpha value is -0.920. The molecule has 0 aliphatic carbocycles. The number of alkyl halides is 3. The van der Waals surface area contributed by atoms with Gasteiger partial charge in [0, 0.05) is 27.4 Å². The van der Waals surface area contributed by atoms with E-state index in [1.165, 1.54) is 23.5 Å². The molecule has 1 atom stereocenters. The molecular formula is C14H12BrF4NS. The van der Waals surface area contributed by atoms with Crippen LogP contribution < -0.4 is 5.32 Å². The summed E-state index contributed by atoms with van der Waals surface area (Å²) in [5.74, 6) is -1.21. The van der Waals surface area contributed by atoms with E-state index in [1.807, 2.05) is 11.4 Å².